The average molecular weight is 446 g/mol. The molecule has 0 atom stereocenters. The van der Waals surface area contributed by atoms with E-state index < -0.39 is 5.97 Å². The molecule has 0 fully saturated rings. The number of benzene rings is 2. The number of thioether (sulfide) groups is 2. The van der Waals surface area contributed by atoms with E-state index in [2.05, 4.69) is 4.99 Å². The van der Waals surface area contributed by atoms with Crippen molar-refractivity contribution in [1.82, 2.24) is 0 Å². The highest BCUT2D eigenvalue weighted by molar-refractivity contribution is 8.38. The molecule has 0 radical (unpaired) electrons. The molecule has 0 spiro atoms. The number of ketones is 1. The monoisotopic (exact) mass is 445 g/mol. The third-order valence-corrected chi connectivity index (χ3v) is 6.81. The molecule has 1 aromatic heterocycles. The van der Waals surface area contributed by atoms with Gasteiger partial charge in [-0.05, 0) is 30.3 Å². The minimum absolute atomic E-state index is 0.131. The Morgan fingerprint density at radius 2 is 1.97 bits per heavy atom. The van der Waals surface area contributed by atoms with Crippen LogP contribution in [-0.2, 0) is 10.5 Å². The van der Waals surface area contributed by atoms with Gasteiger partial charge in [-0.3, -0.25) is 9.79 Å². The third-order valence-electron chi connectivity index (χ3n) is 4.28. The molecule has 8 heteroatoms. The van der Waals surface area contributed by atoms with Crippen molar-refractivity contribution in [3.05, 3.63) is 70.4 Å². The van der Waals surface area contributed by atoms with Crippen LogP contribution in [0, 0.1) is 0 Å². The van der Waals surface area contributed by atoms with E-state index in [1.165, 1.54) is 0 Å². The second-order valence-corrected chi connectivity index (χ2v) is 8.94. The van der Waals surface area contributed by atoms with Crippen molar-refractivity contribution in [2.45, 2.75) is 5.75 Å². The number of aliphatic imine (C=N–C) groups is 1. The fourth-order valence-corrected chi connectivity index (χ4v) is 5.02. The molecule has 5 nitrogen and oxygen atoms in total. The van der Waals surface area contributed by atoms with E-state index in [4.69, 9.17) is 20.8 Å². The maximum atomic E-state index is 12.7. The Morgan fingerprint density at radius 3 is 2.72 bits per heavy atom. The van der Waals surface area contributed by atoms with Gasteiger partial charge in [-0.15, -0.1) is 0 Å². The highest BCUT2D eigenvalue weighted by Gasteiger charge is 2.23. The van der Waals surface area contributed by atoms with Gasteiger partial charge in [-0.1, -0.05) is 53.3 Å². The summed E-state index contributed by atoms with van der Waals surface area (Å²) in [6, 6.07) is 13.9. The SMILES string of the molecule is O=C(COC(=O)c1oc2ccccc2c1CSC1=NCCS1)c1ccc(Cl)cc1. The molecule has 2 aromatic carbocycles. The Kier molecular flexibility index (Phi) is 6.28. The summed E-state index contributed by atoms with van der Waals surface area (Å²) in [7, 11) is 0. The number of esters is 1. The summed E-state index contributed by atoms with van der Waals surface area (Å²) in [5.74, 6) is 0.694. The van der Waals surface area contributed by atoms with Crippen LogP contribution in [0.4, 0.5) is 0 Å². The number of rotatable bonds is 6. The lowest BCUT2D eigenvalue weighted by Crippen LogP contribution is -2.14. The highest BCUT2D eigenvalue weighted by Crippen LogP contribution is 2.33. The third kappa shape index (κ3) is 4.69. The zero-order valence-corrected chi connectivity index (χ0v) is 17.6. The number of hydrogen-bond acceptors (Lipinski definition) is 7. The fraction of sp³-hybridized carbons (Fsp3) is 0.190. The van der Waals surface area contributed by atoms with Gasteiger partial charge in [0.1, 0.15) is 9.96 Å². The van der Waals surface area contributed by atoms with Crippen LogP contribution in [0.3, 0.4) is 0 Å². The summed E-state index contributed by atoms with van der Waals surface area (Å²) in [5.41, 5.74) is 1.80. The smallest absolute Gasteiger partial charge is 0.375 e. The molecule has 0 saturated heterocycles. The van der Waals surface area contributed by atoms with Crippen molar-refractivity contribution in [2.75, 3.05) is 18.9 Å². The van der Waals surface area contributed by atoms with Gasteiger partial charge in [0.25, 0.3) is 0 Å². The first kappa shape index (κ1) is 20.1. The highest BCUT2D eigenvalue weighted by atomic mass is 35.5. The summed E-state index contributed by atoms with van der Waals surface area (Å²) >= 11 is 9.12. The summed E-state index contributed by atoms with van der Waals surface area (Å²) in [6.07, 6.45) is 0. The Hall–Kier alpha value is -2.22. The zero-order chi connectivity index (χ0) is 20.2. The van der Waals surface area contributed by atoms with E-state index in [9.17, 15) is 9.59 Å². The van der Waals surface area contributed by atoms with Gasteiger partial charge in [0.2, 0.25) is 5.76 Å². The van der Waals surface area contributed by atoms with Crippen molar-refractivity contribution < 1.29 is 18.7 Å². The molecule has 148 valence electrons. The van der Waals surface area contributed by atoms with Crippen LogP contribution in [0.5, 0.6) is 0 Å². The van der Waals surface area contributed by atoms with E-state index in [-0.39, 0.29) is 18.2 Å². The van der Waals surface area contributed by atoms with Crippen LogP contribution in [0.25, 0.3) is 11.0 Å². The number of fused-ring (bicyclic) bond motifs is 1. The van der Waals surface area contributed by atoms with E-state index >= 15 is 0 Å². The van der Waals surface area contributed by atoms with Crippen molar-refractivity contribution in [1.29, 1.82) is 0 Å². The standard InChI is InChI=1S/C21H16ClNO4S2/c22-14-7-5-13(6-8-14)17(24)11-26-20(25)19-16(12-29-21-23-9-10-28-21)15-3-1-2-4-18(15)27-19/h1-8H,9-12H2. The van der Waals surface area contributed by atoms with E-state index in [0.29, 0.717) is 21.9 Å². The molecule has 0 saturated carbocycles. The first-order valence-electron chi connectivity index (χ1n) is 8.88. The molecule has 0 bridgehead atoms. The molecular formula is C21H16ClNO4S2. The van der Waals surface area contributed by atoms with Crippen molar-refractivity contribution >= 4 is 62.2 Å². The molecule has 0 unspecified atom stereocenters. The normalized spacial score (nSPS) is 13.5. The Labute approximate surface area is 180 Å². The number of halogens is 1. The molecule has 0 aliphatic carbocycles. The quantitative estimate of drug-likeness (QED) is 0.370. The van der Waals surface area contributed by atoms with Gasteiger partial charge in [0, 0.05) is 33.0 Å². The first-order valence-corrected chi connectivity index (χ1v) is 11.2. The fourth-order valence-electron chi connectivity index (χ4n) is 2.86. The Balaban J connectivity index is 1.50. The molecule has 3 aromatic rings. The second kappa shape index (κ2) is 9.07. The minimum Gasteiger partial charge on any atom is -0.451 e. The lowest BCUT2D eigenvalue weighted by molar-refractivity contribution is 0.0445. The summed E-state index contributed by atoms with van der Waals surface area (Å²) < 4.78 is 12.0. The lowest BCUT2D eigenvalue weighted by Gasteiger charge is -2.05. The van der Waals surface area contributed by atoms with Gasteiger partial charge in [0.05, 0.1) is 6.54 Å². The molecule has 29 heavy (non-hydrogen) atoms. The Morgan fingerprint density at radius 1 is 1.17 bits per heavy atom. The molecule has 1 aliphatic rings. The average Bonchev–Trinajstić information content (AvgIpc) is 3.38. The van der Waals surface area contributed by atoms with Crippen LogP contribution in [0.1, 0.15) is 26.5 Å². The summed E-state index contributed by atoms with van der Waals surface area (Å²) in [6.45, 7) is 0.452. The molecule has 0 N–H and O–H groups in total. The number of para-hydroxylation sites is 1. The summed E-state index contributed by atoms with van der Waals surface area (Å²) in [5, 5.41) is 1.40. The predicted octanol–water partition coefficient (Wildman–Crippen LogP) is 5.46. The van der Waals surface area contributed by atoms with Gasteiger partial charge in [-0.2, -0.15) is 0 Å². The number of hydrogen-bond donors (Lipinski definition) is 0. The van der Waals surface area contributed by atoms with E-state index in [1.807, 2.05) is 18.2 Å². The van der Waals surface area contributed by atoms with Crippen LogP contribution in [0.2, 0.25) is 5.02 Å². The maximum Gasteiger partial charge on any atom is 0.375 e. The Bertz CT molecular complexity index is 1090. The molecule has 4 rings (SSSR count). The van der Waals surface area contributed by atoms with Crippen molar-refractivity contribution in [3.8, 4) is 0 Å². The number of ether oxygens (including phenoxy) is 1. The van der Waals surface area contributed by atoms with Crippen LogP contribution in [0.15, 0.2) is 57.9 Å². The zero-order valence-electron chi connectivity index (χ0n) is 15.2. The number of Topliss-reactive ketones (excluding diaryl/α,β-unsaturated/α-hetero) is 1. The second-order valence-electron chi connectivity index (χ2n) is 6.20. The first-order chi connectivity index (χ1) is 14.1. The molecule has 0 amide bonds. The predicted molar refractivity (Wildman–Crippen MR) is 118 cm³/mol. The van der Waals surface area contributed by atoms with Gasteiger partial charge >= 0.3 is 5.97 Å². The number of carbonyl (C=O) groups excluding carboxylic acids is 2. The number of carbonyl (C=O) groups is 2. The van der Waals surface area contributed by atoms with Crippen LogP contribution >= 0.6 is 35.1 Å². The number of nitrogens with zero attached hydrogens (tertiary/aromatic N) is 1. The van der Waals surface area contributed by atoms with E-state index in [1.54, 1.807) is 53.9 Å². The van der Waals surface area contributed by atoms with E-state index in [0.717, 1.165) is 27.6 Å². The molecule has 2 heterocycles. The van der Waals surface area contributed by atoms with Crippen LogP contribution < -0.4 is 0 Å². The maximum absolute atomic E-state index is 12.7. The van der Waals surface area contributed by atoms with Gasteiger partial charge in [0.15, 0.2) is 12.4 Å². The number of furan rings is 1. The largest absolute Gasteiger partial charge is 0.451 e. The topological polar surface area (TPSA) is 68.9 Å². The minimum atomic E-state index is -0.653. The van der Waals surface area contributed by atoms with Crippen molar-refractivity contribution in [2.24, 2.45) is 4.99 Å². The lowest BCUT2D eigenvalue weighted by atomic mass is 10.1. The van der Waals surface area contributed by atoms with Crippen LogP contribution in [-0.4, -0.2) is 35.0 Å². The molecular weight excluding hydrogens is 430 g/mol. The van der Waals surface area contributed by atoms with Gasteiger partial charge in [-0.25, -0.2) is 4.79 Å². The van der Waals surface area contributed by atoms with Crippen molar-refractivity contribution in [3.63, 3.8) is 0 Å². The summed E-state index contributed by atoms with van der Waals surface area (Å²) in [4.78, 5) is 29.4. The molecule has 1 aliphatic heterocycles. The van der Waals surface area contributed by atoms with Gasteiger partial charge < -0.3 is 9.15 Å².